The Kier molecular flexibility index (Phi) is 4.62. The standard InChI is InChI=1S/C17H21BrN4/c1-12-6-9-22(10-7-12)17-19-8-5-16(21-17)20-14-3-4-15(18)13(2)11-14/h3-5,8,11-12H,6-7,9-10H2,1-2H3,(H,19,20,21). The number of rotatable bonds is 3. The van der Waals surface area contributed by atoms with Gasteiger partial charge in [-0.25, -0.2) is 4.98 Å². The van der Waals surface area contributed by atoms with Crippen molar-refractivity contribution in [2.24, 2.45) is 5.92 Å². The maximum absolute atomic E-state index is 4.66. The van der Waals surface area contributed by atoms with Crippen molar-refractivity contribution in [1.29, 1.82) is 0 Å². The van der Waals surface area contributed by atoms with Crippen LogP contribution in [0.5, 0.6) is 0 Å². The molecule has 0 radical (unpaired) electrons. The minimum Gasteiger partial charge on any atom is -0.341 e. The molecule has 1 aliphatic heterocycles. The van der Waals surface area contributed by atoms with Crippen molar-refractivity contribution in [1.82, 2.24) is 9.97 Å². The van der Waals surface area contributed by atoms with E-state index in [1.165, 1.54) is 18.4 Å². The number of halogens is 1. The number of anilines is 3. The molecule has 2 heterocycles. The summed E-state index contributed by atoms with van der Waals surface area (Å²) in [6.07, 6.45) is 4.26. The summed E-state index contributed by atoms with van der Waals surface area (Å²) < 4.78 is 1.11. The average Bonchev–Trinajstić information content (AvgIpc) is 2.52. The summed E-state index contributed by atoms with van der Waals surface area (Å²) in [7, 11) is 0. The Morgan fingerprint density at radius 1 is 1.23 bits per heavy atom. The molecule has 1 aromatic heterocycles. The van der Waals surface area contributed by atoms with Crippen molar-refractivity contribution in [2.45, 2.75) is 26.7 Å². The third-order valence-corrected chi connectivity index (χ3v) is 5.03. The smallest absolute Gasteiger partial charge is 0.227 e. The Hall–Kier alpha value is -1.62. The molecule has 0 amide bonds. The van der Waals surface area contributed by atoms with Crippen molar-refractivity contribution >= 4 is 33.4 Å². The van der Waals surface area contributed by atoms with Crippen molar-refractivity contribution in [3.8, 4) is 0 Å². The van der Waals surface area contributed by atoms with Crippen LogP contribution in [0.15, 0.2) is 34.9 Å². The molecule has 116 valence electrons. The molecule has 1 aliphatic rings. The molecule has 1 aromatic carbocycles. The molecule has 1 N–H and O–H groups in total. The Balaban J connectivity index is 1.74. The van der Waals surface area contributed by atoms with Crippen molar-refractivity contribution in [2.75, 3.05) is 23.3 Å². The summed E-state index contributed by atoms with van der Waals surface area (Å²) >= 11 is 3.52. The number of piperidine rings is 1. The van der Waals surface area contributed by atoms with Gasteiger partial charge in [-0.15, -0.1) is 0 Å². The summed E-state index contributed by atoms with van der Waals surface area (Å²) in [5.74, 6) is 2.47. The lowest BCUT2D eigenvalue weighted by atomic mass is 10.00. The number of hydrogen-bond acceptors (Lipinski definition) is 4. The van der Waals surface area contributed by atoms with Gasteiger partial charge in [0, 0.05) is 29.4 Å². The molecule has 1 saturated heterocycles. The summed E-state index contributed by atoms with van der Waals surface area (Å²) in [6, 6.07) is 8.11. The quantitative estimate of drug-likeness (QED) is 0.872. The van der Waals surface area contributed by atoms with Crippen molar-refractivity contribution < 1.29 is 0 Å². The van der Waals surface area contributed by atoms with Crippen LogP contribution in [0.3, 0.4) is 0 Å². The number of nitrogens with zero attached hydrogens (tertiary/aromatic N) is 3. The molecule has 3 rings (SSSR count). The molecule has 0 saturated carbocycles. The maximum Gasteiger partial charge on any atom is 0.227 e. The van der Waals surface area contributed by atoms with Gasteiger partial charge in [0.1, 0.15) is 5.82 Å². The van der Waals surface area contributed by atoms with Crippen LogP contribution in [0.1, 0.15) is 25.3 Å². The normalized spacial score (nSPS) is 15.9. The molecule has 0 unspecified atom stereocenters. The Morgan fingerprint density at radius 3 is 2.73 bits per heavy atom. The Morgan fingerprint density at radius 2 is 2.00 bits per heavy atom. The maximum atomic E-state index is 4.66. The van der Waals surface area contributed by atoms with Crippen LogP contribution in [0.2, 0.25) is 0 Å². The van der Waals surface area contributed by atoms with Gasteiger partial charge >= 0.3 is 0 Å². The second kappa shape index (κ2) is 6.65. The fourth-order valence-electron chi connectivity index (χ4n) is 2.65. The fraction of sp³-hybridized carbons (Fsp3) is 0.412. The van der Waals surface area contributed by atoms with Gasteiger partial charge in [-0.1, -0.05) is 22.9 Å². The predicted octanol–water partition coefficient (Wildman–Crippen LogP) is 4.53. The van der Waals surface area contributed by atoms with Crippen LogP contribution in [0.25, 0.3) is 0 Å². The first-order chi connectivity index (χ1) is 10.6. The molecule has 0 atom stereocenters. The van der Waals surface area contributed by atoms with E-state index in [4.69, 9.17) is 0 Å². The predicted molar refractivity (Wildman–Crippen MR) is 94.8 cm³/mol. The van der Waals surface area contributed by atoms with Gasteiger partial charge in [0.15, 0.2) is 0 Å². The lowest BCUT2D eigenvalue weighted by Gasteiger charge is -2.30. The van der Waals surface area contributed by atoms with E-state index in [2.05, 4.69) is 56.0 Å². The van der Waals surface area contributed by atoms with Gasteiger partial charge in [-0.3, -0.25) is 0 Å². The van der Waals surface area contributed by atoms with Gasteiger partial charge in [0.05, 0.1) is 0 Å². The van der Waals surface area contributed by atoms with E-state index in [0.717, 1.165) is 40.9 Å². The van der Waals surface area contributed by atoms with Gasteiger partial charge < -0.3 is 10.2 Å². The van der Waals surface area contributed by atoms with Crippen LogP contribution in [-0.2, 0) is 0 Å². The highest BCUT2D eigenvalue weighted by atomic mass is 79.9. The van der Waals surface area contributed by atoms with Crippen LogP contribution in [0, 0.1) is 12.8 Å². The highest BCUT2D eigenvalue weighted by Gasteiger charge is 2.18. The molecule has 5 heteroatoms. The molecule has 0 spiro atoms. The van der Waals surface area contributed by atoms with Crippen LogP contribution >= 0.6 is 15.9 Å². The van der Waals surface area contributed by atoms with Gasteiger partial charge in [-0.05, 0) is 55.5 Å². The molecule has 4 nitrogen and oxygen atoms in total. The second-order valence-corrected chi connectivity index (χ2v) is 6.85. The third kappa shape index (κ3) is 3.58. The third-order valence-electron chi connectivity index (χ3n) is 4.14. The van der Waals surface area contributed by atoms with Gasteiger partial charge in [0.25, 0.3) is 0 Å². The van der Waals surface area contributed by atoms with Crippen LogP contribution in [0.4, 0.5) is 17.5 Å². The SMILES string of the molecule is Cc1cc(Nc2ccnc(N3CCC(C)CC3)n2)ccc1Br. The first-order valence-corrected chi connectivity index (χ1v) is 8.52. The zero-order valence-electron chi connectivity index (χ0n) is 13.0. The minimum atomic E-state index is 0.809. The fourth-order valence-corrected chi connectivity index (χ4v) is 2.90. The van der Waals surface area contributed by atoms with E-state index in [1.807, 2.05) is 24.4 Å². The molecule has 2 aromatic rings. The van der Waals surface area contributed by atoms with Crippen molar-refractivity contribution in [3.63, 3.8) is 0 Å². The van der Waals surface area contributed by atoms with Crippen LogP contribution in [-0.4, -0.2) is 23.1 Å². The molecule has 0 bridgehead atoms. The van der Waals surface area contributed by atoms with E-state index in [1.54, 1.807) is 0 Å². The monoisotopic (exact) mass is 360 g/mol. The largest absolute Gasteiger partial charge is 0.341 e. The number of aryl methyl sites for hydroxylation is 1. The van der Waals surface area contributed by atoms with E-state index in [9.17, 15) is 0 Å². The highest BCUT2D eigenvalue weighted by molar-refractivity contribution is 9.10. The summed E-state index contributed by atoms with van der Waals surface area (Å²) in [5.41, 5.74) is 2.24. The van der Waals surface area contributed by atoms with Gasteiger partial charge in [0.2, 0.25) is 5.95 Å². The average molecular weight is 361 g/mol. The summed E-state index contributed by atoms with van der Waals surface area (Å²) in [6.45, 7) is 6.48. The molecular weight excluding hydrogens is 340 g/mol. The number of nitrogens with one attached hydrogen (secondary N) is 1. The molecule has 0 aliphatic carbocycles. The highest BCUT2D eigenvalue weighted by Crippen LogP contribution is 2.24. The first-order valence-electron chi connectivity index (χ1n) is 7.73. The molecule has 22 heavy (non-hydrogen) atoms. The number of hydrogen-bond donors (Lipinski definition) is 1. The summed E-state index contributed by atoms with van der Waals surface area (Å²) in [4.78, 5) is 11.4. The van der Waals surface area contributed by atoms with E-state index >= 15 is 0 Å². The first kappa shape index (κ1) is 15.3. The summed E-state index contributed by atoms with van der Waals surface area (Å²) in [5, 5.41) is 3.36. The Labute approximate surface area is 140 Å². The zero-order valence-corrected chi connectivity index (χ0v) is 14.6. The zero-order chi connectivity index (χ0) is 15.5. The van der Waals surface area contributed by atoms with Gasteiger partial charge in [-0.2, -0.15) is 4.98 Å². The Bertz CT molecular complexity index is 651. The topological polar surface area (TPSA) is 41.1 Å². The van der Waals surface area contributed by atoms with Crippen molar-refractivity contribution in [3.05, 3.63) is 40.5 Å². The van der Waals surface area contributed by atoms with E-state index in [-0.39, 0.29) is 0 Å². The lowest BCUT2D eigenvalue weighted by molar-refractivity contribution is 0.434. The molecule has 1 fully saturated rings. The van der Waals surface area contributed by atoms with E-state index in [0.29, 0.717) is 0 Å². The number of aromatic nitrogens is 2. The minimum absolute atomic E-state index is 0.809. The number of benzene rings is 1. The lowest BCUT2D eigenvalue weighted by Crippen LogP contribution is -2.34. The second-order valence-electron chi connectivity index (χ2n) is 6.00. The van der Waals surface area contributed by atoms with E-state index < -0.39 is 0 Å². The van der Waals surface area contributed by atoms with Crippen LogP contribution < -0.4 is 10.2 Å². The molecular formula is C17H21BrN4.